The van der Waals surface area contributed by atoms with Crippen molar-refractivity contribution >= 4 is 17.3 Å². The minimum atomic E-state index is -0.452. The molecule has 2 aromatic carbocycles. The van der Waals surface area contributed by atoms with Crippen molar-refractivity contribution in [2.24, 2.45) is 0 Å². The maximum atomic E-state index is 12.2. The molecule has 1 heterocycles. The SMILES string of the molecule is C[C@H](CNC(=O)Cc1ccccc1[N+](=O)[O-])N1CCc2ccccc21. The molecule has 0 aromatic heterocycles. The van der Waals surface area contributed by atoms with Crippen LogP contribution in [0.4, 0.5) is 11.4 Å². The number of para-hydroxylation sites is 2. The Morgan fingerprint density at radius 1 is 1.24 bits per heavy atom. The number of carbonyl (C=O) groups excluding carboxylic acids is 1. The van der Waals surface area contributed by atoms with Crippen molar-refractivity contribution in [3.63, 3.8) is 0 Å². The number of hydrogen-bond donors (Lipinski definition) is 1. The molecule has 0 fully saturated rings. The van der Waals surface area contributed by atoms with Gasteiger partial charge in [0.25, 0.3) is 5.69 Å². The summed E-state index contributed by atoms with van der Waals surface area (Å²) in [5.74, 6) is -0.200. The molecule has 6 nitrogen and oxygen atoms in total. The summed E-state index contributed by atoms with van der Waals surface area (Å²) in [6.45, 7) is 3.53. The van der Waals surface area contributed by atoms with E-state index in [4.69, 9.17) is 0 Å². The summed E-state index contributed by atoms with van der Waals surface area (Å²) in [5.41, 5.74) is 2.98. The van der Waals surface area contributed by atoms with E-state index in [1.807, 2.05) is 12.1 Å². The van der Waals surface area contributed by atoms with Crippen molar-refractivity contribution < 1.29 is 9.72 Å². The van der Waals surface area contributed by atoms with Gasteiger partial charge in [0, 0.05) is 36.4 Å². The molecule has 6 heteroatoms. The predicted molar refractivity (Wildman–Crippen MR) is 96.8 cm³/mol. The molecule has 1 N–H and O–H groups in total. The molecule has 130 valence electrons. The van der Waals surface area contributed by atoms with Crippen molar-refractivity contribution in [1.82, 2.24) is 5.32 Å². The minimum absolute atomic E-state index is 0.0143. The summed E-state index contributed by atoms with van der Waals surface area (Å²) in [4.78, 5) is 25.1. The quantitative estimate of drug-likeness (QED) is 0.648. The number of nitrogens with zero attached hydrogens (tertiary/aromatic N) is 2. The van der Waals surface area contributed by atoms with E-state index in [0.717, 1.165) is 13.0 Å². The van der Waals surface area contributed by atoms with Gasteiger partial charge in [0.15, 0.2) is 0 Å². The zero-order valence-electron chi connectivity index (χ0n) is 14.1. The lowest BCUT2D eigenvalue weighted by Crippen LogP contribution is -2.41. The van der Waals surface area contributed by atoms with E-state index in [1.165, 1.54) is 17.3 Å². The molecule has 1 aliphatic rings. The Bertz CT molecular complexity index is 791. The average molecular weight is 339 g/mol. The molecule has 3 rings (SSSR count). The van der Waals surface area contributed by atoms with Gasteiger partial charge >= 0.3 is 0 Å². The van der Waals surface area contributed by atoms with Gasteiger partial charge in [-0.05, 0) is 25.0 Å². The molecule has 2 aromatic rings. The van der Waals surface area contributed by atoms with Gasteiger partial charge in [-0.3, -0.25) is 14.9 Å². The fraction of sp³-hybridized carbons (Fsp3) is 0.316. The highest BCUT2D eigenvalue weighted by molar-refractivity contribution is 5.79. The van der Waals surface area contributed by atoms with Crippen LogP contribution in [0.25, 0.3) is 0 Å². The molecule has 1 atom stereocenters. The zero-order valence-corrected chi connectivity index (χ0v) is 14.1. The van der Waals surface area contributed by atoms with Gasteiger partial charge in [-0.15, -0.1) is 0 Å². The molecule has 0 bridgehead atoms. The molecule has 0 saturated carbocycles. The first-order chi connectivity index (χ1) is 12.1. The second kappa shape index (κ2) is 7.34. The Hall–Kier alpha value is -2.89. The number of anilines is 1. The van der Waals surface area contributed by atoms with Crippen LogP contribution in [0.2, 0.25) is 0 Å². The molecule has 1 amide bonds. The zero-order chi connectivity index (χ0) is 17.8. The van der Waals surface area contributed by atoms with Crippen molar-refractivity contribution in [2.75, 3.05) is 18.0 Å². The summed E-state index contributed by atoms with van der Waals surface area (Å²) in [6, 6.07) is 14.8. The lowest BCUT2D eigenvalue weighted by Gasteiger charge is -2.27. The first-order valence-corrected chi connectivity index (χ1v) is 8.40. The van der Waals surface area contributed by atoms with Crippen LogP contribution < -0.4 is 10.2 Å². The van der Waals surface area contributed by atoms with Crippen LogP contribution in [0.15, 0.2) is 48.5 Å². The average Bonchev–Trinajstić information content (AvgIpc) is 3.04. The van der Waals surface area contributed by atoms with Crippen LogP contribution in [0.1, 0.15) is 18.1 Å². The first-order valence-electron chi connectivity index (χ1n) is 8.40. The van der Waals surface area contributed by atoms with Crippen LogP contribution in [0, 0.1) is 10.1 Å². The Morgan fingerprint density at radius 2 is 1.96 bits per heavy atom. The number of nitrogens with one attached hydrogen (secondary N) is 1. The molecule has 25 heavy (non-hydrogen) atoms. The highest BCUT2D eigenvalue weighted by Gasteiger charge is 2.23. The van der Waals surface area contributed by atoms with E-state index in [1.54, 1.807) is 18.2 Å². The number of nitro benzene ring substituents is 1. The largest absolute Gasteiger partial charge is 0.366 e. The third kappa shape index (κ3) is 3.79. The molecule has 0 saturated heterocycles. The minimum Gasteiger partial charge on any atom is -0.366 e. The van der Waals surface area contributed by atoms with Crippen LogP contribution in [0.3, 0.4) is 0 Å². The normalized spacial score (nSPS) is 14.0. The fourth-order valence-electron chi connectivity index (χ4n) is 3.27. The van der Waals surface area contributed by atoms with Crippen LogP contribution in [-0.4, -0.2) is 30.0 Å². The van der Waals surface area contributed by atoms with E-state index < -0.39 is 4.92 Å². The number of carbonyl (C=O) groups is 1. The van der Waals surface area contributed by atoms with Crippen molar-refractivity contribution in [1.29, 1.82) is 0 Å². The predicted octanol–water partition coefficient (Wildman–Crippen LogP) is 2.70. The van der Waals surface area contributed by atoms with Crippen LogP contribution >= 0.6 is 0 Å². The molecule has 1 aliphatic heterocycles. The van der Waals surface area contributed by atoms with Crippen LogP contribution in [-0.2, 0) is 17.6 Å². The standard InChI is InChI=1S/C19H21N3O3/c1-14(21-11-10-15-6-2-4-8-17(15)21)13-20-19(23)12-16-7-3-5-9-18(16)22(24)25/h2-9,14H,10-13H2,1H3,(H,20,23)/t14-/m1/s1. The second-order valence-corrected chi connectivity index (χ2v) is 6.29. The second-order valence-electron chi connectivity index (χ2n) is 6.29. The maximum absolute atomic E-state index is 12.2. The van der Waals surface area contributed by atoms with E-state index >= 15 is 0 Å². The third-order valence-corrected chi connectivity index (χ3v) is 4.59. The summed E-state index contributed by atoms with van der Waals surface area (Å²) in [7, 11) is 0. The highest BCUT2D eigenvalue weighted by atomic mass is 16.6. The number of fused-ring (bicyclic) bond motifs is 1. The fourth-order valence-corrected chi connectivity index (χ4v) is 3.27. The van der Waals surface area contributed by atoms with Crippen molar-refractivity contribution in [2.45, 2.75) is 25.8 Å². The third-order valence-electron chi connectivity index (χ3n) is 4.59. The van der Waals surface area contributed by atoms with E-state index in [9.17, 15) is 14.9 Å². The summed E-state index contributed by atoms with van der Waals surface area (Å²) in [5, 5.41) is 13.9. The van der Waals surface area contributed by atoms with Crippen molar-refractivity contribution in [3.05, 3.63) is 69.8 Å². The number of benzene rings is 2. The highest BCUT2D eigenvalue weighted by Crippen LogP contribution is 2.28. The van der Waals surface area contributed by atoms with Gasteiger partial charge in [0.1, 0.15) is 0 Å². The Kier molecular flexibility index (Phi) is 4.97. The van der Waals surface area contributed by atoms with Gasteiger partial charge < -0.3 is 10.2 Å². The molecule has 0 spiro atoms. The van der Waals surface area contributed by atoms with Crippen molar-refractivity contribution in [3.8, 4) is 0 Å². The summed E-state index contributed by atoms with van der Waals surface area (Å²) >= 11 is 0. The van der Waals surface area contributed by atoms with E-state index in [2.05, 4.69) is 29.3 Å². The number of amides is 1. The van der Waals surface area contributed by atoms with Gasteiger partial charge in [-0.25, -0.2) is 0 Å². The number of rotatable bonds is 6. The smallest absolute Gasteiger partial charge is 0.273 e. The molecule has 0 radical (unpaired) electrons. The number of nitro groups is 1. The first kappa shape index (κ1) is 17.0. The maximum Gasteiger partial charge on any atom is 0.273 e. The van der Waals surface area contributed by atoms with Gasteiger partial charge in [-0.2, -0.15) is 0 Å². The van der Waals surface area contributed by atoms with Gasteiger partial charge in [-0.1, -0.05) is 36.4 Å². The van der Waals surface area contributed by atoms with Gasteiger partial charge in [0.05, 0.1) is 11.3 Å². The molecule has 0 unspecified atom stereocenters. The lowest BCUT2D eigenvalue weighted by molar-refractivity contribution is -0.385. The van der Waals surface area contributed by atoms with Gasteiger partial charge in [0.2, 0.25) is 5.91 Å². The lowest BCUT2D eigenvalue weighted by atomic mass is 10.1. The molecular formula is C19H21N3O3. The monoisotopic (exact) mass is 339 g/mol. The van der Waals surface area contributed by atoms with E-state index in [-0.39, 0.29) is 24.1 Å². The Balaban J connectivity index is 1.57. The Morgan fingerprint density at radius 3 is 2.76 bits per heavy atom. The summed E-state index contributed by atoms with van der Waals surface area (Å²) < 4.78 is 0. The molecular weight excluding hydrogens is 318 g/mol. The number of hydrogen-bond acceptors (Lipinski definition) is 4. The summed E-state index contributed by atoms with van der Waals surface area (Å²) in [6.07, 6.45) is 1.03. The molecule has 0 aliphatic carbocycles. The Labute approximate surface area is 146 Å². The van der Waals surface area contributed by atoms with E-state index in [0.29, 0.717) is 12.1 Å². The van der Waals surface area contributed by atoms with Crippen LogP contribution in [0.5, 0.6) is 0 Å². The topological polar surface area (TPSA) is 75.5 Å².